The topological polar surface area (TPSA) is 75.6 Å². The van der Waals surface area contributed by atoms with Gasteiger partial charge in [-0.3, -0.25) is 9.59 Å². The van der Waals surface area contributed by atoms with Gasteiger partial charge in [0.05, 0.1) is 11.4 Å². The number of anilines is 1. The van der Waals surface area contributed by atoms with Gasteiger partial charge in [-0.2, -0.15) is 0 Å². The second kappa shape index (κ2) is 8.04. The highest BCUT2D eigenvalue weighted by molar-refractivity contribution is 6.35. The molecule has 0 aliphatic carbocycles. The number of amides is 1. The van der Waals surface area contributed by atoms with Gasteiger partial charge in [-0.15, -0.1) is 0 Å². The second-order valence-corrected chi connectivity index (χ2v) is 5.94. The number of aliphatic carboxylic acids is 1. The van der Waals surface area contributed by atoms with Crippen LogP contribution in [0.5, 0.6) is 5.75 Å². The molecule has 126 valence electrons. The Hall–Kier alpha value is -2.24. The molecule has 1 atom stereocenters. The number of rotatable bonds is 6. The highest BCUT2D eigenvalue weighted by atomic mass is 35.5. The maximum Gasteiger partial charge on any atom is 0.307 e. The lowest BCUT2D eigenvalue weighted by molar-refractivity contribution is -0.136. The standard InChI is InChI=1S/C17H15Cl2NO4/c1-10(24-15-7-4-12(18)9-14(15)19)17(23)20-13-5-2-11(3-6-13)8-16(21)22/h2-7,9-10H,8H2,1H3,(H,20,23)(H,21,22)/t10-/m0/s1. The van der Waals surface area contributed by atoms with Crippen LogP contribution in [0.1, 0.15) is 12.5 Å². The Balaban J connectivity index is 1.97. The van der Waals surface area contributed by atoms with Crippen LogP contribution in [-0.2, 0) is 16.0 Å². The molecule has 2 aromatic carbocycles. The molecule has 0 saturated carbocycles. The van der Waals surface area contributed by atoms with Crippen molar-refractivity contribution in [2.24, 2.45) is 0 Å². The van der Waals surface area contributed by atoms with Crippen molar-refractivity contribution < 1.29 is 19.4 Å². The van der Waals surface area contributed by atoms with Crippen molar-refractivity contribution in [3.63, 3.8) is 0 Å². The Bertz CT molecular complexity index is 747. The number of carboxylic acids is 1. The van der Waals surface area contributed by atoms with Crippen LogP contribution < -0.4 is 10.1 Å². The highest BCUT2D eigenvalue weighted by Gasteiger charge is 2.16. The molecule has 0 aromatic heterocycles. The van der Waals surface area contributed by atoms with Gasteiger partial charge in [0.25, 0.3) is 5.91 Å². The molecule has 0 fully saturated rings. The van der Waals surface area contributed by atoms with Gasteiger partial charge >= 0.3 is 5.97 Å². The van der Waals surface area contributed by atoms with Gasteiger partial charge in [0.1, 0.15) is 5.75 Å². The van der Waals surface area contributed by atoms with Crippen molar-refractivity contribution in [1.29, 1.82) is 0 Å². The summed E-state index contributed by atoms with van der Waals surface area (Å²) in [6, 6.07) is 11.3. The molecule has 7 heteroatoms. The predicted molar refractivity (Wildman–Crippen MR) is 93.0 cm³/mol. The van der Waals surface area contributed by atoms with Gasteiger partial charge < -0.3 is 15.2 Å². The van der Waals surface area contributed by atoms with Crippen molar-refractivity contribution in [3.8, 4) is 5.75 Å². The minimum atomic E-state index is -0.909. The van der Waals surface area contributed by atoms with E-state index in [1.165, 1.54) is 6.07 Å². The molecule has 0 radical (unpaired) electrons. The lowest BCUT2D eigenvalue weighted by Gasteiger charge is -2.16. The quantitative estimate of drug-likeness (QED) is 0.807. The number of carbonyl (C=O) groups is 2. The Kier molecular flexibility index (Phi) is 6.06. The van der Waals surface area contributed by atoms with Crippen LogP contribution in [0.3, 0.4) is 0 Å². The Labute approximate surface area is 149 Å². The largest absolute Gasteiger partial charge is 0.481 e. The van der Waals surface area contributed by atoms with Crippen molar-refractivity contribution in [1.82, 2.24) is 0 Å². The van der Waals surface area contributed by atoms with Crippen LogP contribution in [0, 0.1) is 0 Å². The zero-order valence-electron chi connectivity index (χ0n) is 12.8. The minimum Gasteiger partial charge on any atom is -0.481 e. The maximum atomic E-state index is 12.2. The van der Waals surface area contributed by atoms with E-state index in [-0.39, 0.29) is 12.3 Å². The van der Waals surface area contributed by atoms with Gasteiger partial charge in [0.15, 0.2) is 6.10 Å². The van der Waals surface area contributed by atoms with Crippen molar-refractivity contribution in [3.05, 3.63) is 58.1 Å². The first-order valence-electron chi connectivity index (χ1n) is 7.08. The van der Waals surface area contributed by atoms with E-state index in [2.05, 4.69) is 5.32 Å². The highest BCUT2D eigenvalue weighted by Crippen LogP contribution is 2.28. The molecular weight excluding hydrogens is 353 g/mol. The van der Waals surface area contributed by atoms with Gasteiger partial charge in [-0.05, 0) is 42.8 Å². The van der Waals surface area contributed by atoms with E-state index in [1.807, 2.05) is 0 Å². The predicted octanol–water partition coefficient (Wildman–Crippen LogP) is 4.03. The summed E-state index contributed by atoms with van der Waals surface area (Å²) in [6.07, 6.45) is -0.842. The first-order chi connectivity index (χ1) is 11.3. The monoisotopic (exact) mass is 367 g/mol. The zero-order chi connectivity index (χ0) is 17.7. The number of carboxylic acid groups (broad SMARTS) is 1. The molecular formula is C17H15Cl2NO4. The maximum absolute atomic E-state index is 12.2. The van der Waals surface area contributed by atoms with Crippen LogP contribution in [0.2, 0.25) is 10.0 Å². The molecule has 5 nitrogen and oxygen atoms in total. The van der Waals surface area contributed by atoms with E-state index in [1.54, 1.807) is 43.3 Å². The second-order valence-electron chi connectivity index (χ2n) is 5.09. The average molecular weight is 368 g/mol. The molecule has 24 heavy (non-hydrogen) atoms. The minimum absolute atomic E-state index is 0.0667. The molecule has 2 rings (SSSR count). The molecule has 2 N–H and O–H groups in total. The normalized spacial score (nSPS) is 11.6. The van der Waals surface area contributed by atoms with E-state index >= 15 is 0 Å². The van der Waals surface area contributed by atoms with Crippen LogP contribution >= 0.6 is 23.2 Å². The summed E-state index contributed by atoms with van der Waals surface area (Å²) in [7, 11) is 0. The molecule has 0 saturated heterocycles. The number of carbonyl (C=O) groups excluding carboxylic acids is 1. The summed E-state index contributed by atoms with van der Waals surface area (Å²) < 4.78 is 5.53. The fourth-order valence-corrected chi connectivity index (χ4v) is 2.39. The summed E-state index contributed by atoms with van der Waals surface area (Å²) in [5, 5.41) is 12.2. The molecule has 1 amide bonds. The average Bonchev–Trinajstić information content (AvgIpc) is 2.51. The van der Waals surface area contributed by atoms with Crippen molar-refractivity contribution in [2.45, 2.75) is 19.4 Å². The molecule has 0 aliphatic rings. The SMILES string of the molecule is C[C@H](Oc1ccc(Cl)cc1Cl)C(=O)Nc1ccc(CC(=O)O)cc1. The number of hydrogen-bond acceptors (Lipinski definition) is 3. The number of halogens is 2. The van der Waals surface area contributed by atoms with E-state index < -0.39 is 12.1 Å². The molecule has 0 spiro atoms. The Morgan fingerprint density at radius 3 is 2.42 bits per heavy atom. The first kappa shape index (κ1) is 18.1. The van der Waals surface area contributed by atoms with Crippen LogP contribution in [0.25, 0.3) is 0 Å². The van der Waals surface area contributed by atoms with Crippen molar-refractivity contribution in [2.75, 3.05) is 5.32 Å². The first-order valence-corrected chi connectivity index (χ1v) is 7.84. The van der Waals surface area contributed by atoms with E-state index in [0.29, 0.717) is 27.0 Å². The van der Waals surface area contributed by atoms with Crippen molar-refractivity contribution >= 4 is 40.8 Å². The smallest absolute Gasteiger partial charge is 0.307 e. The molecule has 0 unspecified atom stereocenters. The summed E-state index contributed by atoms with van der Waals surface area (Å²) in [5.41, 5.74) is 1.20. The number of ether oxygens (including phenoxy) is 1. The van der Waals surface area contributed by atoms with Crippen LogP contribution in [0.15, 0.2) is 42.5 Å². The fourth-order valence-electron chi connectivity index (χ4n) is 1.94. The van der Waals surface area contributed by atoms with Gasteiger partial charge in [0.2, 0.25) is 0 Å². The molecule has 0 aliphatic heterocycles. The Morgan fingerprint density at radius 1 is 1.17 bits per heavy atom. The number of hydrogen-bond donors (Lipinski definition) is 2. The van der Waals surface area contributed by atoms with Gasteiger partial charge in [-0.25, -0.2) is 0 Å². The molecule has 0 bridgehead atoms. The van der Waals surface area contributed by atoms with E-state index in [0.717, 1.165) is 0 Å². The fraction of sp³-hybridized carbons (Fsp3) is 0.176. The third kappa shape index (κ3) is 5.15. The van der Waals surface area contributed by atoms with Gasteiger partial charge in [-0.1, -0.05) is 35.3 Å². The summed E-state index contributed by atoms with van der Waals surface area (Å²) in [6.45, 7) is 1.60. The third-order valence-electron chi connectivity index (χ3n) is 3.14. The summed E-state index contributed by atoms with van der Waals surface area (Å²) >= 11 is 11.8. The van der Waals surface area contributed by atoms with Crippen LogP contribution in [-0.4, -0.2) is 23.1 Å². The lowest BCUT2D eigenvalue weighted by Crippen LogP contribution is -2.30. The van der Waals surface area contributed by atoms with E-state index in [4.69, 9.17) is 33.0 Å². The van der Waals surface area contributed by atoms with Crippen LogP contribution in [0.4, 0.5) is 5.69 Å². The Morgan fingerprint density at radius 2 is 1.83 bits per heavy atom. The zero-order valence-corrected chi connectivity index (χ0v) is 14.3. The lowest BCUT2D eigenvalue weighted by atomic mass is 10.1. The summed E-state index contributed by atoms with van der Waals surface area (Å²) in [5.74, 6) is -0.902. The number of nitrogens with one attached hydrogen (secondary N) is 1. The molecule has 2 aromatic rings. The van der Waals surface area contributed by atoms with Gasteiger partial charge in [0, 0.05) is 10.7 Å². The third-order valence-corrected chi connectivity index (χ3v) is 3.67. The van der Waals surface area contributed by atoms with E-state index in [9.17, 15) is 9.59 Å². The summed E-state index contributed by atoms with van der Waals surface area (Å²) in [4.78, 5) is 22.8. The molecule has 0 heterocycles. The number of benzene rings is 2.